The number of carbonyl (C=O) groups excluding carboxylic acids is 2. The Labute approximate surface area is 167 Å². The third-order valence-corrected chi connectivity index (χ3v) is 4.83. The van der Waals surface area contributed by atoms with E-state index in [1.54, 1.807) is 11.0 Å². The Bertz CT molecular complexity index is 873. The SMILES string of the molecule is CC(=O)NCCN1C(=O)COc2ccc(NCc3ccc(Cl)c(Cl)c3)cc21. The van der Waals surface area contributed by atoms with Crippen LogP contribution in [0.1, 0.15) is 12.5 Å². The molecule has 142 valence electrons. The van der Waals surface area contributed by atoms with E-state index in [1.807, 2.05) is 30.3 Å². The van der Waals surface area contributed by atoms with Gasteiger partial charge in [-0.1, -0.05) is 29.3 Å². The standard InChI is InChI=1S/C19H19Cl2N3O3/c1-12(25)22-6-7-24-17-9-14(3-5-18(17)27-11-19(24)26)23-10-13-2-4-15(20)16(21)8-13/h2-5,8-9,23H,6-7,10-11H2,1H3,(H,22,25). The lowest BCUT2D eigenvalue weighted by Gasteiger charge is -2.30. The normalized spacial score (nSPS) is 13.0. The maximum absolute atomic E-state index is 12.2. The fraction of sp³-hybridized carbons (Fsp3) is 0.263. The summed E-state index contributed by atoms with van der Waals surface area (Å²) in [6, 6.07) is 11.0. The second kappa shape index (κ2) is 8.50. The molecule has 0 saturated carbocycles. The van der Waals surface area contributed by atoms with E-state index in [1.165, 1.54) is 6.92 Å². The minimum absolute atomic E-state index is 0.0108. The molecule has 27 heavy (non-hydrogen) atoms. The molecule has 0 fully saturated rings. The summed E-state index contributed by atoms with van der Waals surface area (Å²) in [5.41, 5.74) is 2.50. The van der Waals surface area contributed by atoms with Crippen LogP contribution in [0.4, 0.5) is 11.4 Å². The van der Waals surface area contributed by atoms with Crippen molar-refractivity contribution in [3.05, 3.63) is 52.0 Å². The van der Waals surface area contributed by atoms with Crippen LogP contribution in [0.3, 0.4) is 0 Å². The van der Waals surface area contributed by atoms with E-state index in [0.717, 1.165) is 11.3 Å². The molecule has 0 aromatic heterocycles. The Kier molecular flexibility index (Phi) is 6.08. The monoisotopic (exact) mass is 407 g/mol. The van der Waals surface area contributed by atoms with Crippen molar-refractivity contribution in [3.63, 3.8) is 0 Å². The van der Waals surface area contributed by atoms with Crippen molar-refractivity contribution in [2.45, 2.75) is 13.5 Å². The Morgan fingerprint density at radius 3 is 2.74 bits per heavy atom. The molecule has 1 heterocycles. The van der Waals surface area contributed by atoms with E-state index in [-0.39, 0.29) is 18.4 Å². The molecule has 2 aromatic carbocycles. The lowest BCUT2D eigenvalue weighted by Crippen LogP contribution is -2.43. The van der Waals surface area contributed by atoms with Crippen molar-refractivity contribution in [3.8, 4) is 5.75 Å². The predicted molar refractivity (Wildman–Crippen MR) is 107 cm³/mol. The lowest BCUT2D eigenvalue weighted by atomic mass is 10.2. The molecule has 6 nitrogen and oxygen atoms in total. The number of benzene rings is 2. The number of hydrogen-bond acceptors (Lipinski definition) is 4. The summed E-state index contributed by atoms with van der Waals surface area (Å²) < 4.78 is 5.50. The van der Waals surface area contributed by atoms with Gasteiger partial charge in [0.25, 0.3) is 5.91 Å². The summed E-state index contributed by atoms with van der Waals surface area (Å²) >= 11 is 12.0. The quantitative estimate of drug-likeness (QED) is 0.768. The van der Waals surface area contributed by atoms with Crippen LogP contribution in [0.5, 0.6) is 5.75 Å². The van der Waals surface area contributed by atoms with E-state index >= 15 is 0 Å². The molecule has 0 spiro atoms. The Balaban J connectivity index is 1.73. The summed E-state index contributed by atoms with van der Waals surface area (Å²) in [6.45, 7) is 2.74. The first-order valence-electron chi connectivity index (χ1n) is 8.43. The van der Waals surface area contributed by atoms with Crippen molar-refractivity contribution in [2.75, 3.05) is 29.9 Å². The summed E-state index contributed by atoms with van der Waals surface area (Å²) in [5, 5.41) is 7.02. The number of nitrogens with one attached hydrogen (secondary N) is 2. The number of ether oxygens (including phenoxy) is 1. The van der Waals surface area contributed by atoms with Gasteiger partial charge in [0.15, 0.2) is 6.61 Å². The summed E-state index contributed by atoms with van der Waals surface area (Å²) in [6.07, 6.45) is 0. The molecule has 0 radical (unpaired) electrons. The van der Waals surface area contributed by atoms with Gasteiger partial charge in [0.1, 0.15) is 5.75 Å². The highest BCUT2D eigenvalue weighted by Crippen LogP contribution is 2.34. The molecule has 2 amide bonds. The second-order valence-corrected chi connectivity index (χ2v) is 6.92. The Morgan fingerprint density at radius 2 is 2.00 bits per heavy atom. The third-order valence-electron chi connectivity index (χ3n) is 4.09. The number of hydrogen-bond donors (Lipinski definition) is 2. The first-order valence-corrected chi connectivity index (χ1v) is 9.19. The fourth-order valence-electron chi connectivity index (χ4n) is 2.75. The first kappa shape index (κ1) is 19.3. The highest BCUT2D eigenvalue weighted by atomic mass is 35.5. The molecule has 8 heteroatoms. The average Bonchev–Trinajstić information content (AvgIpc) is 2.64. The summed E-state index contributed by atoms with van der Waals surface area (Å²) in [5.74, 6) is 0.361. The van der Waals surface area contributed by atoms with Gasteiger partial charge in [-0.2, -0.15) is 0 Å². The number of rotatable bonds is 6. The summed E-state index contributed by atoms with van der Waals surface area (Å²) in [4.78, 5) is 24.9. The highest BCUT2D eigenvalue weighted by molar-refractivity contribution is 6.42. The van der Waals surface area contributed by atoms with Crippen molar-refractivity contribution in [1.82, 2.24) is 5.32 Å². The smallest absolute Gasteiger partial charge is 0.265 e. The molecule has 2 N–H and O–H groups in total. The molecule has 0 aliphatic carbocycles. The summed E-state index contributed by atoms with van der Waals surface area (Å²) in [7, 11) is 0. The number of nitrogens with zero attached hydrogens (tertiary/aromatic N) is 1. The minimum Gasteiger partial charge on any atom is -0.482 e. The van der Waals surface area contributed by atoms with Gasteiger partial charge in [0.2, 0.25) is 5.91 Å². The van der Waals surface area contributed by atoms with Crippen LogP contribution < -0.4 is 20.3 Å². The van der Waals surface area contributed by atoms with Crippen molar-refractivity contribution in [1.29, 1.82) is 0 Å². The second-order valence-electron chi connectivity index (χ2n) is 6.10. The van der Waals surface area contributed by atoms with Gasteiger partial charge in [-0.25, -0.2) is 0 Å². The number of anilines is 2. The van der Waals surface area contributed by atoms with Crippen LogP contribution in [0, 0.1) is 0 Å². The van der Waals surface area contributed by atoms with Crippen LogP contribution >= 0.6 is 23.2 Å². The maximum atomic E-state index is 12.2. The molecule has 0 bridgehead atoms. The van der Waals surface area contributed by atoms with Crippen LogP contribution in [-0.4, -0.2) is 31.5 Å². The number of carbonyl (C=O) groups is 2. The number of amides is 2. The van der Waals surface area contributed by atoms with E-state index < -0.39 is 0 Å². The van der Waals surface area contributed by atoms with E-state index in [4.69, 9.17) is 27.9 Å². The van der Waals surface area contributed by atoms with Gasteiger partial charge in [-0.05, 0) is 35.9 Å². The van der Waals surface area contributed by atoms with Gasteiger partial charge in [-0.15, -0.1) is 0 Å². The molecule has 0 atom stereocenters. The molecular formula is C19H19Cl2N3O3. The molecule has 0 saturated heterocycles. The Hall–Kier alpha value is -2.44. The predicted octanol–water partition coefficient (Wildman–Crippen LogP) is 3.47. The van der Waals surface area contributed by atoms with Gasteiger partial charge in [-0.3, -0.25) is 9.59 Å². The molecule has 2 aromatic rings. The number of fused-ring (bicyclic) bond motifs is 1. The zero-order valence-corrected chi connectivity index (χ0v) is 16.2. The van der Waals surface area contributed by atoms with Crippen molar-refractivity contribution in [2.24, 2.45) is 0 Å². The lowest BCUT2D eigenvalue weighted by molar-refractivity contribution is -0.122. The van der Waals surface area contributed by atoms with Crippen LogP contribution in [0.15, 0.2) is 36.4 Å². The average molecular weight is 408 g/mol. The van der Waals surface area contributed by atoms with Crippen molar-refractivity contribution >= 4 is 46.4 Å². The largest absolute Gasteiger partial charge is 0.482 e. The molecule has 0 unspecified atom stereocenters. The topological polar surface area (TPSA) is 70.7 Å². The molecular weight excluding hydrogens is 389 g/mol. The highest BCUT2D eigenvalue weighted by Gasteiger charge is 2.25. The zero-order valence-electron chi connectivity index (χ0n) is 14.7. The van der Waals surface area contributed by atoms with Gasteiger partial charge in [0, 0.05) is 32.2 Å². The zero-order chi connectivity index (χ0) is 19.4. The Morgan fingerprint density at radius 1 is 1.19 bits per heavy atom. The van der Waals surface area contributed by atoms with Crippen LogP contribution in [0.25, 0.3) is 0 Å². The third kappa shape index (κ3) is 4.84. The van der Waals surface area contributed by atoms with E-state index in [9.17, 15) is 9.59 Å². The van der Waals surface area contributed by atoms with Gasteiger partial charge in [0.05, 0.1) is 15.7 Å². The van der Waals surface area contributed by atoms with Gasteiger partial charge < -0.3 is 20.3 Å². The number of halogens is 2. The van der Waals surface area contributed by atoms with Crippen molar-refractivity contribution < 1.29 is 14.3 Å². The van der Waals surface area contributed by atoms with E-state index in [0.29, 0.717) is 41.1 Å². The van der Waals surface area contributed by atoms with Crippen LogP contribution in [0.2, 0.25) is 10.0 Å². The minimum atomic E-state index is -0.144. The van der Waals surface area contributed by atoms with Gasteiger partial charge >= 0.3 is 0 Å². The van der Waals surface area contributed by atoms with Crippen LogP contribution in [-0.2, 0) is 16.1 Å². The maximum Gasteiger partial charge on any atom is 0.265 e. The van der Waals surface area contributed by atoms with E-state index in [2.05, 4.69) is 10.6 Å². The molecule has 1 aliphatic heterocycles. The first-order chi connectivity index (χ1) is 12.9. The molecule has 1 aliphatic rings. The molecule has 3 rings (SSSR count). The fourth-order valence-corrected chi connectivity index (χ4v) is 3.08.